The number of rotatable bonds is 10. The first kappa shape index (κ1) is 19.3. The third-order valence-corrected chi connectivity index (χ3v) is 3.92. The molecule has 5 nitrogen and oxygen atoms in total. The summed E-state index contributed by atoms with van der Waals surface area (Å²) in [6, 6.07) is 5.61. The van der Waals surface area contributed by atoms with Crippen LogP contribution in [0.2, 0.25) is 0 Å². The number of nitrogens with zero attached hydrogens (tertiary/aromatic N) is 1. The van der Waals surface area contributed by atoms with Gasteiger partial charge in [-0.25, -0.2) is 0 Å². The van der Waals surface area contributed by atoms with Crippen LogP contribution in [-0.2, 0) is 4.79 Å². The minimum absolute atomic E-state index is 0.0798. The van der Waals surface area contributed by atoms with E-state index in [2.05, 4.69) is 13.8 Å². The molecule has 0 heterocycles. The molecule has 1 amide bonds. The number of carbonyl (C=O) groups is 1. The van der Waals surface area contributed by atoms with Crippen molar-refractivity contribution in [2.45, 2.75) is 39.0 Å². The number of nitrogens with two attached hydrogens (primary N) is 1. The average Bonchev–Trinajstić information content (AvgIpc) is 2.58. The van der Waals surface area contributed by atoms with Crippen molar-refractivity contribution in [3.63, 3.8) is 0 Å². The van der Waals surface area contributed by atoms with Gasteiger partial charge < -0.3 is 20.1 Å². The maximum Gasteiger partial charge on any atom is 0.223 e. The Morgan fingerprint density at radius 1 is 1.17 bits per heavy atom. The van der Waals surface area contributed by atoms with Crippen LogP contribution in [-0.4, -0.2) is 44.7 Å². The molecule has 5 heteroatoms. The standard InChI is InChI=1S/C18H30N2O3/c1-5-9-20(10-6-2)18(21)11-14(13-19)16-12-15(22-3)7-8-17(16)23-4/h7-8,12,14H,5-6,9-11,13,19H2,1-4H3. The van der Waals surface area contributed by atoms with Crippen molar-refractivity contribution in [2.75, 3.05) is 33.9 Å². The summed E-state index contributed by atoms with van der Waals surface area (Å²) in [6.45, 7) is 6.14. The fraction of sp³-hybridized carbons (Fsp3) is 0.611. The van der Waals surface area contributed by atoms with Gasteiger partial charge in [0.25, 0.3) is 0 Å². The minimum Gasteiger partial charge on any atom is -0.497 e. The zero-order chi connectivity index (χ0) is 17.2. The quantitative estimate of drug-likeness (QED) is 0.719. The third kappa shape index (κ3) is 5.43. The van der Waals surface area contributed by atoms with Gasteiger partial charge in [-0.1, -0.05) is 13.8 Å². The van der Waals surface area contributed by atoms with Crippen molar-refractivity contribution in [3.05, 3.63) is 23.8 Å². The van der Waals surface area contributed by atoms with Gasteiger partial charge in [-0.05, 0) is 37.6 Å². The first-order valence-electron chi connectivity index (χ1n) is 8.30. The Bertz CT molecular complexity index is 485. The van der Waals surface area contributed by atoms with E-state index in [0.29, 0.717) is 13.0 Å². The molecule has 0 saturated carbocycles. The van der Waals surface area contributed by atoms with E-state index in [0.717, 1.165) is 43.0 Å². The number of hydrogen-bond donors (Lipinski definition) is 1. The summed E-state index contributed by atoms with van der Waals surface area (Å²) >= 11 is 0. The van der Waals surface area contributed by atoms with Crippen LogP contribution in [0.5, 0.6) is 11.5 Å². The van der Waals surface area contributed by atoms with Gasteiger partial charge in [-0.15, -0.1) is 0 Å². The van der Waals surface area contributed by atoms with E-state index in [-0.39, 0.29) is 11.8 Å². The second kappa shape index (κ2) is 10.1. The van der Waals surface area contributed by atoms with Gasteiger partial charge in [-0.3, -0.25) is 4.79 Å². The number of hydrogen-bond acceptors (Lipinski definition) is 4. The predicted molar refractivity (Wildman–Crippen MR) is 93.1 cm³/mol. The molecule has 1 rings (SSSR count). The van der Waals surface area contributed by atoms with E-state index in [1.54, 1.807) is 14.2 Å². The maximum absolute atomic E-state index is 12.6. The zero-order valence-electron chi connectivity index (χ0n) is 14.8. The Kier molecular flexibility index (Phi) is 8.48. The van der Waals surface area contributed by atoms with Crippen LogP contribution in [0, 0.1) is 0 Å². The van der Waals surface area contributed by atoms with Crippen LogP contribution in [0.15, 0.2) is 18.2 Å². The Balaban J connectivity index is 2.97. The molecular weight excluding hydrogens is 292 g/mol. The lowest BCUT2D eigenvalue weighted by Crippen LogP contribution is -2.34. The minimum atomic E-state index is -0.0798. The van der Waals surface area contributed by atoms with Gasteiger partial charge in [0.05, 0.1) is 14.2 Å². The van der Waals surface area contributed by atoms with Crippen LogP contribution in [0.3, 0.4) is 0 Å². The first-order valence-corrected chi connectivity index (χ1v) is 8.30. The number of ether oxygens (including phenoxy) is 2. The second-order valence-electron chi connectivity index (χ2n) is 5.63. The summed E-state index contributed by atoms with van der Waals surface area (Å²) in [4.78, 5) is 14.5. The first-order chi connectivity index (χ1) is 11.1. The summed E-state index contributed by atoms with van der Waals surface area (Å²) in [5.41, 5.74) is 6.88. The van der Waals surface area contributed by atoms with Crippen LogP contribution >= 0.6 is 0 Å². The molecule has 130 valence electrons. The highest BCUT2D eigenvalue weighted by atomic mass is 16.5. The largest absolute Gasteiger partial charge is 0.497 e. The van der Waals surface area contributed by atoms with E-state index >= 15 is 0 Å². The number of methoxy groups -OCH3 is 2. The van der Waals surface area contributed by atoms with Crippen molar-refractivity contribution in [1.82, 2.24) is 4.90 Å². The number of amides is 1. The van der Waals surface area contributed by atoms with Gasteiger partial charge in [0.1, 0.15) is 11.5 Å². The van der Waals surface area contributed by atoms with Crippen molar-refractivity contribution in [1.29, 1.82) is 0 Å². The molecule has 0 aromatic heterocycles. The van der Waals surface area contributed by atoms with E-state index in [1.807, 2.05) is 23.1 Å². The summed E-state index contributed by atoms with van der Waals surface area (Å²) in [7, 11) is 3.25. The predicted octanol–water partition coefficient (Wildman–Crippen LogP) is 2.78. The molecule has 0 radical (unpaired) electrons. The summed E-state index contributed by atoms with van der Waals surface area (Å²) in [5.74, 6) is 1.55. The zero-order valence-corrected chi connectivity index (χ0v) is 14.8. The number of carbonyl (C=O) groups excluding carboxylic acids is 1. The molecule has 0 aliphatic rings. The van der Waals surface area contributed by atoms with E-state index in [1.165, 1.54) is 0 Å². The van der Waals surface area contributed by atoms with Crippen molar-refractivity contribution in [3.8, 4) is 11.5 Å². The molecule has 0 aliphatic heterocycles. The van der Waals surface area contributed by atoms with E-state index < -0.39 is 0 Å². The van der Waals surface area contributed by atoms with Crippen LogP contribution in [0.25, 0.3) is 0 Å². The molecule has 1 atom stereocenters. The maximum atomic E-state index is 12.6. The van der Waals surface area contributed by atoms with Gasteiger partial charge in [-0.2, -0.15) is 0 Å². The average molecular weight is 322 g/mol. The molecule has 0 saturated heterocycles. The fourth-order valence-electron chi connectivity index (χ4n) is 2.72. The Hall–Kier alpha value is -1.75. The molecule has 0 fully saturated rings. The van der Waals surface area contributed by atoms with Gasteiger partial charge in [0.2, 0.25) is 5.91 Å². The summed E-state index contributed by atoms with van der Waals surface area (Å²) in [6.07, 6.45) is 2.31. The lowest BCUT2D eigenvalue weighted by atomic mass is 9.94. The monoisotopic (exact) mass is 322 g/mol. The SMILES string of the molecule is CCCN(CCC)C(=O)CC(CN)c1cc(OC)ccc1OC. The topological polar surface area (TPSA) is 64.8 Å². The third-order valence-electron chi connectivity index (χ3n) is 3.92. The molecule has 1 unspecified atom stereocenters. The Morgan fingerprint density at radius 2 is 1.83 bits per heavy atom. The molecule has 1 aromatic rings. The van der Waals surface area contributed by atoms with Crippen molar-refractivity contribution < 1.29 is 14.3 Å². The van der Waals surface area contributed by atoms with Gasteiger partial charge >= 0.3 is 0 Å². The molecular formula is C18H30N2O3. The summed E-state index contributed by atoms with van der Waals surface area (Å²) in [5, 5.41) is 0. The van der Waals surface area contributed by atoms with Crippen molar-refractivity contribution in [2.24, 2.45) is 5.73 Å². The van der Waals surface area contributed by atoms with E-state index in [4.69, 9.17) is 15.2 Å². The molecule has 0 spiro atoms. The smallest absolute Gasteiger partial charge is 0.223 e. The molecule has 1 aromatic carbocycles. The highest BCUT2D eigenvalue weighted by Crippen LogP contribution is 2.32. The fourth-order valence-corrected chi connectivity index (χ4v) is 2.72. The Labute approximate surface area is 139 Å². The van der Waals surface area contributed by atoms with Crippen LogP contribution < -0.4 is 15.2 Å². The molecule has 0 bridgehead atoms. The second-order valence-corrected chi connectivity index (χ2v) is 5.63. The molecule has 2 N–H and O–H groups in total. The van der Waals surface area contributed by atoms with E-state index in [9.17, 15) is 4.79 Å². The number of benzene rings is 1. The normalized spacial score (nSPS) is 11.9. The van der Waals surface area contributed by atoms with Crippen LogP contribution in [0.4, 0.5) is 0 Å². The lowest BCUT2D eigenvalue weighted by molar-refractivity contribution is -0.131. The molecule has 23 heavy (non-hydrogen) atoms. The van der Waals surface area contributed by atoms with Crippen molar-refractivity contribution >= 4 is 5.91 Å². The highest BCUT2D eigenvalue weighted by molar-refractivity contribution is 5.77. The lowest BCUT2D eigenvalue weighted by Gasteiger charge is -2.25. The molecule has 0 aliphatic carbocycles. The highest BCUT2D eigenvalue weighted by Gasteiger charge is 2.22. The Morgan fingerprint density at radius 3 is 2.30 bits per heavy atom. The van der Waals surface area contributed by atoms with Crippen LogP contribution in [0.1, 0.15) is 44.6 Å². The van der Waals surface area contributed by atoms with Gasteiger partial charge in [0, 0.05) is 31.0 Å². The van der Waals surface area contributed by atoms with Gasteiger partial charge in [0.15, 0.2) is 0 Å². The summed E-state index contributed by atoms with van der Waals surface area (Å²) < 4.78 is 10.7.